The average molecular weight is 446 g/mol. The fourth-order valence-electron chi connectivity index (χ4n) is 3.29. The number of Topliss-reactive ketones (excluding diaryl/α,β-unsaturated/α-hetero) is 1. The topological polar surface area (TPSA) is 123 Å². The number of nitrogens with one attached hydrogen (secondary N) is 1. The second-order valence-corrected chi connectivity index (χ2v) is 7.07. The molecule has 0 saturated carbocycles. The predicted molar refractivity (Wildman–Crippen MR) is 121 cm³/mol. The number of ketones is 1. The van der Waals surface area contributed by atoms with Crippen LogP contribution in [0.15, 0.2) is 70.3 Å². The number of benzene rings is 2. The molecular formula is C24H22N4O5. The maximum atomic E-state index is 13.1. The summed E-state index contributed by atoms with van der Waals surface area (Å²) in [6, 6.07) is 19.5. The van der Waals surface area contributed by atoms with E-state index in [1.807, 2.05) is 6.07 Å². The molecule has 9 heteroatoms. The minimum absolute atomic E-state index is 0.0119. The fourth-order valence-corrected chi connectivity index (χ4v) is 3.29. The quantitative estimate of drug-likeness (QED) is 0.531. The average Bonchev–Trinajstić information content (AvgIpc) is 2.82. The van der Waals surface area contributed by atoms with E-state index >= 15 is 0 Å². The van der Waals surface area contributed by atoms with E-state index in [1.54, 1.807) is 67.6 Å². The number of carbonyl (C=O) groups is 2. The molecule has 1 heterocycles. The van der Waals surface area contributed by atoms with Gasteiger partial charge in [-0.1, -0.05) is 60.7 Å². The minimum Gasteiger partial charge on any atom is -0.444 e. The Hall–Kier alpha value is -4.45. The highest BCUT2D eigenvalue weighted by molar-refractivity contribution is 6.03. The molecule has 0 saturated heterocycles. The highest BCUT2D eigenvalue weighted by Gasteiger charge is 2.25. The number of nitriles is 1. The number of aromatic nitrogens is 2. The maximum absolute atomic E-state index is 13.1. The summed E-state index contributed by atoms with van der Waals surface area (Å²) in [5.74, 6) is -1.10. The van der Waals surface area contributed by atoms with Gasteiger partial charge in [-0.3, -0.25) is 24.0 Å². The first-order valence-electron chi connectivity index (χ1n) is 10.3. The van der Waals surface area contributed by atoms with Gasteiger partial charge >= 0.3 is 11.8 Å². The Bertz CT molecular complexity index is 1300. The summed E-state index contributed by atoms with van der Waals surface area (Å²) >= 11 is 0. The van der Waals surface area contributed by atoms with Crippen molar-refractivity contribution in [2.45, 2.75) is 33.0 Å². The number of carbonyl (C=O) groups excluding carboxylic acids is 2. The second kappa shape index (κ2) is 10.7. The molecule has 2 aromatic carbocycles. The lowest BCUT2D eigenvalue weighted by atomic mass is 10.1. The third-order valence-corrected chi connectivity index (χ3v) is 4.88. The van der Waals surface area contributed by atoms with Crippen molar-refractivity contribution in [1.29, 1.82) is 5.26 Å². The van der Waals surface area contributed by atoms with Crippen LogP contribution in [-0.2, 0) is 24.4 Å². The zero-order valence-electron chi connectivity index (χ0n) is 18.0. The molecule has 33 heavy (non-hydrogen) atoms. The van der Waals surface area contributed by atoms with Crippen LogP contribution in [0.5, 0.6) is 0 Å². The standard InChI is InChI=1S/C24H22N4O5/c1-2-27-22(30)20(19(29)13-14-25)21(26-23(31)33-16-18-11-7-4-8-12-18)28(24(27)32)15-17-9-5-3-6-10-17/h3-12H,2,13,15-16H2,1H3,(H,26,31). The maximum Gasteiger partial charge on any atom is 0.413 e. The first-order chi connectivity index (χ1) is 16.0. The Labute approximate surface area is 189 Å². The minimum atomic E-state index is -0.945. The molecular weight excluding hydrogens is 424 g/mol. The van der Waals surface area contributed by atoms with Crippen molar-refractivity contribution >= 4 is 17.7 Å². The highest BCUT2D eigenvalue weighted by Crippen LogP contribution is 2.15. The van der Waals surface area contributed by atoms with Crippen LogP contribution in [0.2, 0.25) is 0 Å². The summed E-state index contributed by atoms with van der Waals surface area (Å²) in [5.41, 5.74) is -0.564. The van der Waals surface area contributed by atoms with E-state index in [0.717, 1.165) is 14.7 Å². The lowest BCUT2D eigenvalue weighted by Gasteiger charge is -2.19. The van der Waals surface area contributed by atoms with Gasteiger partial charge in [0.2, 0.25) is 0 Å². The first kappa shape index (κ1) is 23.2. The number of hydrogen-bond acceptors (Lipinski definition) is 6. The Morgan fingerprint density at radius 1 is 0.970 bits per heavy atom. The lowest BCUT2D eigenvalue weighted by molar-refractivity contribution is 0.0995. The van der Waals surface area contributed by atoms with Crippen molar-refractivity contribution in [2.75, 3.05) is 5.32 Å². The zero-order valence-corrected chi connectivity index (χ0v) is 18.0. The first-order valence-corrected chi connectivity index (χ1v) is 10.3. The summed E-state index contributed by atoms with van der Waals surface area (Å²) in [7, 11) is 0. The molecule has 1 aromatic heterocycles. The molecule has 3 aromatic rings. The lowest BCUT2D eigenvalue weighted by Crippen LogP contribution is -2.44. The molecule has 168 valence electrons. The van der Waals surface area contributed by atoms with E-state index in [0.29, 0.717) is 5.56 Å². The molecule has 0 unspecified atom stereocenters. The molecule has 0 aliphatic carbocycles. The highest BCUT2D eigenvalue weighted by atomic mass is 16.5. The third kappa shape index (κ3) is 5.43. The number of rotatable bonds is 8. The largest absolute Gasteiger partial charge is 0.444 e. The third-order valence-electron chi connectivity index (χ3n) is 4.88. The number of ether oxygens (including phenoxy) is 1. The van der Waals surface area contributed by atoms with Crippen LogP contribution in [0.4, 0.5) is 10.6 Å². The van der Waals surface area contributed by atoms with E-state index in [9.17, 15) is 19.2 Å². The van der Waals surface area contributed by atoms with E-state index in [2.05, 4.69) is 5.32 Å². The van der Waals surface area contributed by atoms with Gasteiger partial charge in [-0.05, 0) is 18.1 Å². The summed E-state index contributed by atoms with van der Waals surface area (Å²) < 4.78 is 7.25. The van der Waals surface area contributed by atoms with Gasteiger partial charge in [0.05, 0.1) is 19.0 Å². The van der Waals surface area contributed by atoms with Crippen LogP contribution >= 0.6 is 0 Å². The van der Waals surface area contributed by atoms with Crippen molar-refractivity contribution in [2.24, 2.45) is 0 Å². The van der Waals surface area contributed by atoms with Gasteiger partial charge in [-0.15, -0.1) is 0 Å². The monoisotopic (exact) mass is 446 g/mol. The molecule has 0 atom stereocenters. The molecule has 0 fully saturated rings. The molecule has 0 bridgehead atoms. The Balaban J connectivity index is 2.08. The van der Waals surface area contributed by atoms with Crippen molar-refractivity contribution in [3.8, 4) is 6.07 Å². The number of nitrogens with zero attached hydrogens (tertiary/aromatic N) is 3. The smallest absolute Gasteiger partial charge is 0.413 e. The van der Waals surface area contributed by atoms with E-state index < -0.39 is 35.1 Å². The molecule has 3 rings (SSSR count). The fraction of sp³-hybridized carbons (Fsp3) is 0.208. The van der Waals surface area contributed by atoms with Crippen LogP contribution in [0.25, 0.3) is 0 Å². The van der Waals surface area contributed by atoms with Gasteiger partial charge in [0.1, 0.15) is 18.0 Å². The van der Waals surface area contributed by atoms with Crippen molar-refractivity contribution in [3.05, 3.63) is 98.2 Å². The van der Waals surface area contributed by atoms with Gasteiger partial charge in [-0.25, -0.2) is 9.59 Å². The van der Waals surface area contributed by atoms with Crippen molar-refractivity contribution in [1.82, 2.24) is 9.13 Å². The molecule has 1 N–H and O–H groups in total. The van der Waals surface area contributed by atoms with Crippen LogP contribution in [0.1, 0.15) is 34.8 Å². The molecule has 0 spiro atoms. The molecule has 0 radical (unpaired) electrons. The molecule has 0 aliphatic heterocycles. The van der Waals surface area contributed by atoms with Crippen LogP contribution in [0, 0.1) is 11.3 Å². The van der Waals surface area contributed by atoms with Crippen LogP contribution < -0.4 is 16.6 Å². The SMILES string of the molecule is CCn1c(=O)c(C(=O)CC#N)c(NC(=O)OCc2ccccc2)n(Cc2ccccc2)c1=O. The summed E-state index contributed by atoms with van der Waals surface area (Å²) in [5, 5.41) is 11.4. The van der Waals surface area contributed by atoms with E-state index in [4.69, 9.17) is 10.00 Å². The van der Waals surface area contributed by atoms with E-state index in [1.165, 1.54) is 0 Å². The summed E-state index contributed by atoms with van der Waals surface area (Å²) in [6.07, 6.45) is -1.53. The van der Waals surface area contributed by atoms with Crippen molar-refractivity contribution in [3.63, 3.8) is 0 Å². The van der Waals surface area contributed by atoms with Gasteiger partial charge < -0.3 is 4.74 Å². The number of anilines is 1. The Morgan fingerprint density at radius 3 is 2.15 bits per heavy atom. The van der Waals surface area contributed by atoms with Gasteiger partial charge in [0, 0.05) is 6.54 Å². The van der Waals surface area contributed by atoms with Gasteiger partial charge in [0.15, 0.2) is 5.78 Å². The second-order valence-electron chi connectivity index (χ2n) is 7.07. The normalized spacial score (nSPS) is 10.3. The molecule has 0 aliphatic rings. The Morgan fingerprint density at radius 2 is 1.58 bits per heavy atom. The van der Waals surface area contributed by atoms with Crippen molar-refractivity contribution < 1.29 is 14.3 Å². The summed E-state index contributed by atoms with van der Waals surface area (Å²) in [4.78, 5) is 51.3. The zero-order chi connectivity index (χ0) is 23.8. The molecule has 1 amide bonds. The Kier molecular flexibility index (Phi) is 7.55. The van der Waals surface area contributed by atoms with Crippen LogP contribution in [-0.4, -0.2) is 21.0 Å². The summed E-state index contributed by atoms with van der Waals surface area (Å²) in [6.45, 7) is 1.54. The van der Waals surface area contributed by atoms with Gasteiger partial charge in [0.25, 0.3) is 5.56 Å². The van der Waals surface area contributed by atoms with Crippen LogP contribution in [0.3, 0.4) is 0 Å². The predicted octanol–water partition coefficient (Wildman–Crippen LogP) is 2.92. The number of hydrogen-bond donors (Lipinski definition) is 1. The number of amides is 1. The van der Waals surface area contributed by atoms with Gasteiger partial charge in [-0.2, -0.15) is 5.26 Å². The van der Waals surface area contributed by atoms with E-state index in [-0.39, 0.29) is 25.5 Å². The molecule has 9 nitrogen and oxygen atoms in total.